The zero-order valence-corrected chi connectivity index (χ0v) is 7.50. The normalized spacial score (nSPS) is 14.2. The number of hydrogen-bond acceptors (Lipinski definition) is 2. The van der Waals surface area contributed by atoms with Crippen molar-refractivity contribution in [2.75, 3.05) is 0 Å². The third-order valence-electron chi connectivity index (χ3n) is 2.41. The minimum absolute atomic E-state index is 0.444. The van der Waals surface area contributed by atoms with Crippen LogP contribution in [0.25, 0.3) is 0 Å². The highest BCUT2D eigenvalue weighted by atomic mass is 16.4. The molecule has 0 aliphatic heterocycles. The van der Waals surface area contributed by atoms with Crippen LogP contribution >= 0.6 is 0 Å². The van der Waals surface area contributed by atoms with Crippen LogP contribution < -0.4 is 0 Å². The zero-order valence-electron chi connectivity index (χ0n) is 7.50. The van der Waals surface area contributed by atoms with E-state index in [1.165, 1.54) is 0 Å². The monoisotopic (exact) mass is 177 g/mol. The summed E-state index contributed by atoms with van der Waals surface area (Å²) in [6.07, 6.45) is 2.83. The van der Waals surface area contributed by atoms with Crippen molar-refractivity contribution in [3.63, 3.8) is 0 Å². The standard InChI is InChI=1S/C10H11NO2/c1-6-5-8(10(12)13)7-3-2-4-9(7)11-6/h5H,2-4H2,1H3,(H,12,13). The van der Waals surface area contributed by atoms with Crippen molar-refractivity contribution >= 4 is 5.97 Å². The molecule has 2 rings (SSSR count). The molecule has 13 heavy (non-hydrogen) atoms. The van der Waals surface area contributed by atoms with Crippen LogP contribution in [-0.4, -0.2) is 16.1 Å². The molecule has 3 heteroatoms. The molecule has 68 valence electrons. The molecular formula is C10H11NO2. The molecule has 0 amide bonds. The SMILES string of the molecule is Cc1cc(C(=O)O)c2c(n1)CCC2. The molecule has 0 fully saturated rings. The average Bonchev–Trinajstić information content (AvgIpc) is 2.49. The first-order valence-corrected chi connectivity index (χ1v) is 4.41. The highest BCUT2D eigenvalue weighted by Crippen LogP contribution is 2.24. The molecule has 1 aromatic rings. The van der Waals surface area contributed by atoms with Crippen LogP contribution in [0.2, 0.25) is 0 Å². The van der Waals surface area contributed by atoms with Gasteiger partial charge in [-0.15, -0.1) is 0 Å². The van der Waals surface area contributed by atoms with E-state index in [4.69, 9.17) is 5.11 Å². The summed E-state index contributed by atoms with van der Waals surface area (Å²) in [7, 11) is 0. The molecule has 0 atom stereocenters. The van der Waals surface area contributed by atoms with E-state index in [9.17, 15) is 4.79 Å². The number of aromatic nitrogens is 1. The fourth-order valence-electron chi connectivity index (χ4n) is 1.87. The maximum absolute atomic E-state index is 10.9. The Labute approximate surface area is 76.4 Å². The van der Waals surface area contributed by atoms with Gasteiger partial charge in [-0.2, -0.15) is 0 Å². The van der Waals surface area contributed by atoms with E-state index in [1.54, 1.807) is 6.07 Å². The van der Waals surface area contributed by atoms with Gasteiger partial charge in [-0.1, -0.05) is 0 Å². The summed E-state index contributed by atoms with van der Waals surface area (Å²) in [6.45, 7) is 1.84. The largest absolute Gasteiger partial charge is 0.478 e. The van der Waals surface area contributed by atoms with Gasteiger partial charge in [0, 0.05) is 11.4 Å². The highest BCUT2D eigenvalue weighted by molar-refractivity contribution is 5.90. The van der Waals surface area contributed by atoms with E-state index in [0.717, 1.165) is 36.2 Å². The van der Waals surface area contributed by atoms with Gasteiger partial charge in [-0.05, 0) is 37.8 Å². The second kappa shape index (κ2) is 2.83. The van der Waals surface area contributed by atoms with E-state index < -0.39 is 5.97 Å². The van der Waals surface area contributed by atoms with Gasteiger partial charge in [0.25, 0.3) is 0 Å². The van der Waals surface area contributed by atoms with Gasteiger partial charge in [0.15, 0.2) is 0 Å². The molecule has 0 unspecified atom stereocenters. The van der Waals surface area contributed by atoms with Gasteiger partial charge in [0.2, 0.25) is 0 Å². The lowest BCUT2D eigenvalue weighted by Gasteiger charge is -2.04. The number of carboxylic acid groups (broad SMARTS) is 1. The Kier molecular flexibility index (Phi) is 1.79. The van der Waals surface area contributed by atoms with Crippen molar-refractivity contribution < 1.29 is 9.90 Å². The summed E-state index contributed by atoms with van der Waals surface area (Å²) in [6, 6.07) is 1.66. The van der Waals surface area contributed by atoms with Crippen LogP contribution in [0.5, 0.6) is 0 Å². The number of pyridine rings is 1. The van der Waals surface area contributed by atoms with Gasteiger partial charge in [-0.3, -0.25) is 4.98 Å². The molecule has 1 aromatic heterocycles. The molecule has 0 radical (unpaired) electrons. The van der Waals surface area contributed by atoms with Crippen molar-refractivity contribution in [1.82, 2.24) is 4.98 Å². The maximum atomic E-state index is 10.9. The van der Waals surface area contributed by atoms with Crippen LogP contribution in [0.1, 0.15) is 33.7 Å². The third-order valence-corrected chi connectivity index (χ3v) is 2.41. The van der Waals surface area contributed by atoms with E-state index in [0.29, 0.717) is 5.56 Å². The fraction of sp³-hybridized carbons (Fsp3) is 0.400. The zero-order chi connectivity index (χ0) is 9.42. The number of fused-ring (bicyclic) bond motifs is 1. The van der Waals surface area contributed by atoms with Crippen molar-refractivity contribution in [3.8, 4) is 0 Å². The summed E-state index contributed by atoms with van der Waals surface area (Å²) in [5.41, 5.74) is 3.17. The predicted molar refractivity (Wildman–Crippen MR) is 48.0 cm³/mol. The van der Waals surface area contributed by atoms with Gasteiger partial charge >= 0.3 is 5.97 Å². The lowest BCUT2D eigenvalue weighted by molar-refractivity contribution is 0.0695. The molecule has 1 aliphatic rings. The first-order valence-electron chi connectivity index (χ1n) is 4.41. The Morgan fingerprint density at radius 1 is 1.54 bits per heavy atom. The number of nitrogens with zero attached hydrogens (tertiary/aromatic N) is 1. The Morgan fingerprint density at radius 2 is 2.31 bits per heavy atom. The summed E-state index contributed by atoms with van der Waals surface area (Å²) >= 11 is 0. The topological polar surface area (TPSA) is 50.2 Å². The van der Waals surface area contributed by atoms with Gasteiger partial charge in [0.05, 0.1) is 5.56 Å². The molecule has 0 spiro atoms. The minimum atomic E-state index is -0.830. The number of aromatic carboxylic acids is 1. The Bertz CT molecular complexity index is 371. The number of hydrogen-bond donors (Lipinski definition) is 1. The molecule has 0 aromatic carbocycles. The molecule has 1 heterocycles. The van der Waals surface area contributed by atoms with E-state index >= 15 is 0 Å². The molecule has 0 saturated carbocycles. The lowest BCUT2D eigenvalue weighted by Crippen LogP contribution is -2.04. The smallest absolute Gasteiger partial charge is 0.336 e. The summed E-state index contributed by atoms with van der Waals surface area (Å²) in [5.74, 6) is -0.830. The van der Waals surface area contributed by atoms with Crippen LogP contribution in [0.3, 0.4) is 0 Å². The molecule has 0 saturated heterocycles. The molecule has 3 nitrogen and oxygen atoms in total. The fourth-order valence-corrected chi connectivity index (χ4v) is 1.87. The van der Waals surface area contributed by atoms with E-state index in [2.05, 4.69) is 4.98 Å². The van der Waals surface area contributed by atoms with E-state index in [1.807, 2.05) is 6.92 Å². The van der Waals surface area contributed by atoms with Crippen LogP contribution in [0, 0.1) is 6.92 Å². The van der Waals surface area contributed by atoms with Crippen molar-refractivity contribution in [2.45, 2.75) is 26.2 Å². The first kappa shape index (κ1) is 8.23. The Morgan fingerprint density at radius 3 is 3.00 bits per heavy atom. The minimum Gasteiger partial charge on any atom is -0.478 e. The van der Waals surface area contributed by atoms with Crippen LogP contribution in [0.4, 0.5) is 0 Å². The van der Waals surface area contributed by atoms with Crippen molar-refractivity contribution in [2.24, 2.45) is 0 Å². The van der Waals surface area contributed by atoms with Crippen LogP contribution in [-0.2, 0) is 12.8 Å². The Balaban J connectivity index is 2.62. The van der Waals surface area contributed by atoms with E-state index in [-0.39, 0.29) is 0 Å². The van der Waals surface area contributed by atoms with Crippen molar-refractivity contribution in [3.05, 3.63) is 28.6 Å². The summed E-state index contributed by atoms with van der Waals surface area (Å²) < 4.78 is 0. The first-order chi connectivity index (χ1) is 6.18. The third kappa shape index (κ3) is 1.30. The highest BCUT2D eigenvalue weighted by Gasteiger charge is 2.20. The molecule has 0 bridgehead atoms. The molecule has 1 aliphatic carbocycles. The molecular weight excluding hydrogens is 166 g/mol. The quantitative estimate of drug-likeness (QED) is 0.708. The number of aryl methyl sites for hydroxylation is 2. The molecule has 1 N–H and O–H groups in total. The van der Waals surface area contributed by atoms with Crippen molar-refractivity contribution in [1.29, 1.82) is 0 Å². The number of rotatable bonds is 1. The van der Waals surface area contributed by atoms with Gasteiger partial charge in [-0.25, -0.2) is 4.79 Å². The lowest BCUT2D eigenvalue weighted by atomic mass is 10.1. The van der Waals surface area contributed by atoms with Gasteiger partial charge < -0.3 is 5.11 Å². The second-order valence-electron chi connectivity index (χ2n) is 3.40. The summed E-state index contributed by atoms with van der Waals surface area (Å²) in [4.78, 5) is 15.2. The average molecular weight is 177 g/mol. The Hall–Kier alpha value is -1.38. The number of carboxylic acids is 1. The second-order valence-corrected chi connectivity index (χ2v) is 3.40. The van der Waals surface area contributed by atoms with Gasteiger partial charge in [0.1, 0.15) is 0 Å². The predicted octanol–water partition coefficient (Wildman–Crippen LogP) is 1.58. The van der Waals surface area contributed by atoms with Crippen LogP contribution in [0.15, 0.2) is 6.07 Å². The maximum Gasteiger partial charge on any atom is 0.336 e. The number of carbonyl (C=O) groups is 1. The summed E-state index contributed by atoms with van der Waals surface area (Å²) in [5, 5.41) is 8.95.